The van der Waals surface area contributed by atoms with Crippen LogP contribution in [0.25, 0.3) is 6.08 Å². The van der Waals surface area contributed by atoms with Gasteiger partial charge in [0, 0.05) is 11.3 Å². The average Bonchev–Trinajstić information content (AvgIpc) is 2.55. The van der Waals surface area contributed by atoms with Crippen LogP contribution in [-0.4, -0.2) is 19.1 Å². The minimum atomic E-state index is -0.154. The Bertz CT molecular complexity index is 708. The number of para-hydroxylation sites is 1. The fourth-order valence-electron chi connectivity index (χ4n) is 2.28. The lowest BCUT2D eigenvalue weighted by molar-refractivity contribution is -0.113. The number of hydrogen-bond acceptors (Lipinski definition) is 3. The normalized spacial score (nSPS) is 12.7. The van der Waals surface area contributed by atoms with Gasteiger partial charge in [-0.15, -0.1) is 0 Å². The number of carbonyl (C=O) groups is 1. The molecule has 4 nitrogen and oxygen atoms in total. The van der Waals surface area contributed by atoms with E-state index in [4.69, 9.17) is 9.47 Å². The molecule has 1 aliphatic rings. The Labute approximate surface area is 129 Å². The smallest absolute Gasteiger partial charge is 0.255 e. The topological polar surface area (TPSA) is 47.6 Å². The van der Waals surface area contributed by atoms with Crippen molar-refractivity contribution in [3.8, 4) is 11.5 Å². The van der Waals surface area contributed by atoms with Gasteiger partial charge in [0.2, 0.25) is 0 Å². The van der Waals surface area contributed by atoms with E-state index in [9.17, 15) is 4.79 Å². The Morgan fingerprint density at radius 1 is 1.23 bits per heavy atom. The second-order valence-electron chi connectivity index (χ2n) is 4.91. The summed E-state index contributed by atoms with van der Waals surface area (Å²) in [6.07, 6.45) is 1.85. The monoisotopic (exact) mass is 295 g/mol. The van der Waals surface area contributed by atoms with E-state index >= 15 is 0 Å². The van der Waals surface area contributed by atoms with Crippen molar-refractivity contribution in [2.45, 2.75) is 6.92 Å². The molecular formula is C18H17NO3. The van der Waals surface area contributed by atoms with Gasteiger partial charge in [-0.2, -0.15) is 0 Å². The molecule has 1 amide bonds. The molecule has 0 aliphatic carbocycles. The highest BCUT2D eigenvalue weighted by molar-refractivity contribution is 6.07. The van der Waals surface area contributed by atoms with Crippen molar-refractivity contribution in [2.75, 3.05) is 18.5 Å². The zero-order valence-electron chi connectivity index (χ0n) is 12.3. The van der Waals surface area contributed by atoms with Crippen molar-refractivity contribution < 1.29 is 14.3 Å². The number of anilines is 1. The van der Waals surface area contributed by atoms with Gasteiger partial charge >= 0.3 is 0 Å². The molecule has 0 spiro atoms. The third-order valence-corrected chi connectivity index (χ3v) is 3.33. The number of carbonyl (C=O) groups excluding carboxylic acids is 1. The first-order chi connectivity index (χ1) is 10.8. The van der Waals surface area contributed by atoms with Gasteiger partial charge in [0.15, 0.2) is 0 Å². The SMILES string of the molecule is CCOc1ccc2c(c1)C=C(C(=O)Nc1ccccc1)CO2. The Morgan fingerprint density at radius 3 is 2.82 bits per heavy atom. The van der Waals surface area contributed by atoms with Crippen LogP contribution in [0.1, 0.15) is 12.5 Å². The summed E-state index contributed by atoms with van der Waals surface area (Å²) in [6.45, 7) is 2.80. The maximum atomic E-state index is 12.3. The van der Waals surface area contributed by atoms with Crippen molar-refractivity contribution in [1.29, 1.82) is 0 Å². The van der Waals surface area contributed by atoms with Gasteiger partial charge in [0.1, 0.15) is 18.1 Å². The lowest BCUT2D eigenvalue weighted by Gasteiger charge is -2.18. The Morgan fingerprint density at radius 2 is 2.05 bits per heavy atom. The molecule has 2 aromatic carbocycles. The maximum absolute atomic E-state index is 12.3. The molecule has 0 atom stereocenters. The fraction of sp³-hybridized carbons (Fsp3) is 0.167. The van der Waals surface area contributed by atoms with Crippen LogP contribution < -0.4 is 14.8 Å². The minimum absolute atomic E-state index is 0.154. The molecule has 0 radical (unpaired) electrons. The van der Waals surface area contributed by atoms with Gasteiger partial charge in [-0.25, -0.2) is 0 Å². The van der Waals surface area contributed by atoms with Gasteiger partial charge in [-0.3, -0.25) is 4.79 Å². The molecule has 4 heteroatoms. The standard InChI is InChI=1S/C18H17NO3/c1-2-21-16-8-9-17-13(11-16)10-14(12-22-17)18(20)19-15-6-4-3-5-7-15/h3-11H,2,12H2,1H3,(H,19,20). The summed E-state index contributed by atoms with van der Waals surface area (Å²) in [5.74, 6) is 1.38. The zero-order valence-corrected chi connectivity index (χ0v) is 12.3. The number of hydrogen-bond donors (Lipinski definition) is 1. The van der Waals surface area contributed by atoms with E-state index in [0.29, 0.717) is 12.2 Å². The molecule has 0 bridgehead atoms. The van der Waals surface area contributed by atoms with E-state index < -0.39 is 0 Å². The molecule has 112 valence electrons. The highest BCUT2D eigenvalue weighted by atomic mass is 16.5. The summed E-state index contributed by atoms with van der Waals surface area (Å²) in [5, 5.41) is 2.86. The number of rotatable bonds is 4. The van der Waals surface area contributed by atoms with E-state index in [1.807, 2.05) is 61.5 Å². The Kier molecular flexibility index (Phi) is 4.10. The van der Waals surface area contributed by atoms with Crippen molar-refractivity contribution >= 4 is 17.7 Å². The van der Waals surface area contributed by atoms with Gasteiger partial charge in [-0.1, -0.05) is 18.2 Å². The number of fused-ring (bicyclic) bond motifs is 1. The lowest BCUT2D eigenvalue weighted by atomic mass is 10.1. The van der Waals surface area contributed by atoms with Crippen LogP contribution in [0.5, 0.6) is 11.5 Å². The van der Waals surface area contributed by atoms with Crippen LogP contribution in [0.4, 0.5) is 5.69 Å². The molecule has 22 heavy (non-hydrogen) atoms. The summed E-state index contributed by atoms with van der Waals surface area (Å²) in [7, 11) is 0. The van der Waals surface area contributed by atoms with Crippen molar-refractivity contribution in [3.63, 3.8) is 0 Å². The molecule has 2 aromatic rings. The molecule has 0 saturated heterocycles. The number of benzene rings is 2. The van der Waals surface area contributed by atoms with Gasteiger partial charge in [0.25, 0.3) is 5.91 Å². The molecule has 0 aromatic heterocycles. The maximum Gasteiger partial charge on any atom is 0.255 e. The average molecular weight is 295 g/mol. The number of amides is 1. The van der Waals surface area contributed by atoms with Gasteiger partial charge < -0.3 is 14.8 Å². The van der Waals surface area contributed by atoms with Gasteiger partial charge in [-0.05, 0) is 43.3 Å². The van der Waals surface area contributed by atoms with Crippen LogP contribution in [0, 0.1) is 0 Å². The van der Waals surface area contributed by atoms with Crippen LogP contribution in [0.3, 0.4) is 0 Å². The van der Waals surface area contributed by atoms with Crippen molar-refractivity contribution in [1.82, 2.24) is 0 Å². The predicted octanol–water partition coefficient (Wildman–Crippen LogP) is 3.50. The number of ether oxygens (including phenoxy) is 2. The summed E-state index contributed by atoms with van der Waals surface area (Å²) in [5.41, 5.74) is 2.21. The van der Waals surface area contributed by atoms with E-state index in [0.717, 1.165) is 22.7 Å². The van der Waals surface area contributed by atoms with Crippen LogP contribution in [0.15, 0.2) is 54.1 Å². The van der Waals surface area contributed by atoms with Gasteiger partial charge in [0.05, 0.1) is 12.2 Å². The van der Waals surface area contributed by atoms with E-state index in [2.05, 4.69) is 5.32 Å². The zero-order chi connectivity index (χ0) is 15.4. The van der Waals surface area contributed by atoms with Crippen LogP contribution in [-0.2, 0) is 4.79 Å². The third kappa shape index (κ3) is 3.11. The largest absolute Gasteiger partial charge is 0.494 e. The molecule has 1 heterocycles. The summed E-state index contributed by atoms with van der Waals surface area (Å²) < 4.78 is 11.1. The quantitative estimate of drug-likeness (QED) is 0.939. The highest BCUT2D eigenvalue weighted by Crippen LogP contribution is 2.30. The van der Waals surface area contributed by atoms with E-state index in [1.54, 1.807) is 0 Å². The fourth-order valence-corrected chi connectivity index (χ4v) is 2.28. The Balaban J connectivity index is 1.80. The first-order valence-corrected chi connectivity index (χ1v) is 7.23. The first kappa shape index (κ1) is 14.2. The molecule has 1 aliphatic heterocycles. The molecule has 0 fully saturated rings. The molecular weight excluding hydrogens is 278 g/mol. The third-order valence-electron chi connectivity index (χ3n) is 3.33. The second-order valence-corrected chi connectivity index (χ2v) is 4.91. The molecule has 3 rings (SSSR count). The van der Waals surface area contributed by atoms with Crippen LogP contribution in [0.2, 0.25) is 0 Å². The summed E-state index contributed by atoms with van der Waals surface area (Å²) in [6, 6.07) is 15.0. The van der Waals surface area contributed by atoms with E-state index in [1.165, 1.54) is 0 Å². The molecule has 1 N–H and O–H groups in total. The lowest BCUT2D eigenvalue weighted by Crippen LogP contribution is -2.21. The molecule has 0 saturated carbocycles. The van der Waals surface area contributed by atoms with Crippen molar-refractivity contribution in [2.24, 2.45) is 0 Å². The molecule has 0 unspecified atom stereocenters. The first-order valence-electron chi connectivity index (χ1n) is 7.23. The van der Waals surface area contributed by atoms with E-state index in [-0.39, 0.29) is 12.5 Å². The number of nitrogens with one attached hydrogen (secondary N) is 1. The minimum Gasteiger partial charge on any atom is -0.494 e. The summed E-state index contributed by atoms with van der Waals surface area (Å²) in [4.78, 5) is 12.3. The summed E-state index contributed by atoms with van der Waals surface area (Å²) >= 11 is 0. The second kappa shape index (κ2) is 6.35. The Hall–Kier alpha value is -2.75. The van der Waals surface area contributed by atoms with Crippen LogP contribution >= 0.6 is 0 Å². The predicted molar refractivity (Wildman–Crippen MR) is 86.2 cm³/mol. The van der Waals surface area contributed by atoms with Crippen molar-refractivity contribution in [3.05, 3.63) is 59.7 Å². The highest BCUT2D eigenvalue weighted by Gasteiger charge is 2.17.